The molecule has 0 radical (unpaired) electrons. The van der Waals surface area contributed by atoms with Crippen molar-refractivity contribution in [2.75, 3.05) is 6.61 Å². The first-order chi connectivity index (χ1) is 10.3. The maximum atomic E-state index is 10.7. The molecule has 0 spiro atoms. The Labute approximate surface area is 126 Å². The van der Waals surface area contributed by atoms with Crippen LogP contribution in [-0.2, 0) is 14.2 Å². The fourth-order valence-electron chi connectivity index (χ4n) is 3.46. The van der Waals surface area contributed by atoms with Gasteiger partial charge in [0.05, 0.1) is 18.8 Å². The molecular weight excluding hydrogens is 300 g/mol. The smallest absolute Gasteiger partial charge is 0.190 e. The van der Waals surface area contributed by atoms with E-state index in [0.29, 0.717) is 0 Å². The molecule has 0 aromatic heterocycles. The van der Waals surface area contributed by atoms with E-state index in [4.69, 9.17) is 14.2 Å². The van der Waals surface area contributed by atoms with E-state index in [9.17, 15) is 30.6 Å². The normalized spacial score (nSPS) is 58.8. The standard InChI is InChI=1S/C13H22O9/c1-4-10-9(17)7(15)5(20-4)2-13(19)11(18)8(16)6(3-14)21-12(13)22-10/h4-12,14-19H,2-3H2,1H3/t4-,5?,6?,7-,8-,9?,10?,11?,12-,13?/m1/s1. The van der Waals surface area contributed by atoms with E-state index in [1.54, 1.807) is 6.92 Å². The zero-order chi connectivity index (χ0) is 16.2. The summed E-state index contributed by atoms with van der Waals surface area (Å²) in [6.07, 6.45) is -11.0. The summed E-state index contributed by atoms with van der Waals surface area (Å²) < 4.78 is 16.4. The molecule has 0 aliphatic carbocycles. The molecule has 4 rings (SSSR count). The first-order valence-corrected chi connectivity index (χ1v) is 7.31. The Bertz CT molecular complexity index is 418. The lowest BCUT2D eigenvalue weighted by Gasteiger charge is -2.55. The van der Waals surface area contributed by atoms with Crippen molar-refractivity contribution in [1.29, 1.82) is 0 Å². The molecule has 4 saturated heterocycles. The van der Waals surface area contributed by atoms with Crippen molar-refractivity contribution in [3.8, 4) is 0 Å². The van der Waals surface area contributed by atoms with Crippen LogP contribution in [0.3, 0.4) is 0 Å². The van der Waals surface area contributed by atoms with Gasteiger partial charge in [0.2, 0.25) is 0 Å². The van der Waals surface area contributed by atoms with Crippen molar-refractivity contribution < 1.29 is 44.8 Å². The molecule has 6 unspecified atom stereocenters. The van der Waals surface area contributed by atoms with Crippen molar-refractivity contribution in [2.24, 2.45) is 0 Å². The molecule has 6 N–H and O–H groups in total. The number of fused-ring (bicyclic) bond motifs is 2. The first kappa shape index (κ1) is 16.5. The number of aliphatic hydroxyl groups excluding tert-OH is 5. The van der Waals surface area contributed by atoms with E-state index in [1.165, 1.54) is 0 Å². The lowest BCUT2D eigenvalue weighted by molar-refractivity contribution is -0.393. The average Bonchev–Trinajstić information content (AvgIpc) is 2.47. The Balaban J connectivity index is 1.95. The third-order valence-corrected chi connectivity index (χ3v) is 4.83. The zero-order valence-electron chi connectivity index (χ0n) is 12.0. The second kappa shape index (κ2) is 5.62. The quantitative estimate of drug-likeness (QED) is 0.288. The van der Waals surface area contributed by atoms with Gasteiger partial charge in [-0.1, -0.05) is 0 Å². The van der Waals surface area contributed by atoms with Crippen LogP contribution in [0.5, 0.6) is 0 Å². The van der Waals surface area contributed by atoms with Gasteiger partial charge in [-0.15, -0.1) is 0 Å². The van der Waals surface area contributed by atoms with Crippen LogP contribution in [0.2, 0.25) is 0 Å². The third kappa shape index (κ3) is 2.29. The summed E-state index contributed by atoms with van der Waals surface area (Å²) in [7, 11) is 0. The summed E-state index contributed by atoms with van der Waals surface area (Å²) >= 11 is 0. The zero-order valence-corrected chi connectivity index (χ0v) is 12.0. The maximum absolute atomic E-state index is 10.7. The van der Waals surface area contributed by atoms with Crippen molar-refractivity contribution >= 4 is 0 Å². The molecule has 4 heterocycles. The molecule has 0 saturated carbocycles. The molecule has 2 bridgehead atoms. The minimum Gasteiger partial charge on any atom is -0.394 e. The summed E-state index contributed by atoms with van der Waals surface area (Å²) in [6.45, 7) is 1.08. The van der Waals surface area contributed by atoms with E-state index in [2.05, 4.69) is 0 Å². The highest BCUT2D eigenvalue weighted by atomic mass is 16.7. The Hall–Kier alpha value is -0.360. The van der Waals surface area contributed by atoms with Gasteiger partial charge in [-0.05, 0) is 6.92 Å². The summed E-state index contributed by atoms with van der Waals surface area (Å²) in [6, 6.07) is 0. The Morgan fingerprint density at radius 3 is 2.32 bits per heavy atom. The first-order valence-electron chi connectivity index (χ1n) is 7.31. The molecule has 10 atom stereocenters. The molecule has 0 aromatic rings. The third-order valence-electron chi connectivity index (χ3n) is 4.83. The van der Waals surface area contributed by atoms with Gasteiger partial charge in [-0.25, -0.2) is 0 Å². The molecule has 9 nitrogen and oxygen atoms in total. The molecule has 4 fully saturated rings. The molecular formula is C13H22O9. The number of hydrogen-bond acceptors (Lipinski definition) is 9. The van der Waals surface area contributed by atoms with Gasteiger partial charge < -0.3 is 44.8 Å². The predicted molar refractivity (Wildman–Crippen MR) is 68.5 cm³/mol. The van der Waals surface area contributed by atoms with Crippen LogP contribution in [0.1, 0.15) is 13.3 Å². The molecule has 22 heavy (non-hydrogen) atoms. The lowest BCUT2D eigenvalue weighted by atomic mass is 9.78. The lowest BCUT2D eigenvalue weighted by Crippen LogP contribution is -2.73. The number of hydrogen-bond donors (Lipinski definition) is 6. The second-order valence-corrected chi connectivity index (χ2v) is 6.28. The fourth-order valence-corrected chi connectivity index (χ4v) is 3.46. The van der Waals surface area contributed by atoms with E-state index >= 15 is 0 Å². The summed E-state index contributed by atoms with van der Waals surface area (Å²) in [5.74, 6) is 0. The van der Waals surface area contributed by atoms with Crippen molar-refractivity contribution in [1.82, 2.24) is 0 Å². The fraction of sp³-hybridized carbons (Fsp3) is 1.00. The van der Waals surface area contributed by atoms with Crippen LogP contribution in [-0.4, -0.2) is 98.0 Å². The van der Waals surface area contributed by atoms with Gasteiger partial charge in [-0.2, -0.15) is 0 Å². The Morgan fingerprint density at radius 1 is 1.00 bits per heavy atom. The highest BCUT2D eigenvalue weighted by Crippen LogP contribution is 2.41. The van der Waals surface area contributed by atoms with Gasteiger partial charge in [0, 0.05) is 6.42 Å². The van der Waals surface area contributed by atoms with Crippen LogP contribution in [0.15, 0.2) is 0 Å². The highest BCUT2D eigenvalue weighted by Gasteiger charge is 2.61. The highest BCUT2D eigenvalue weighted by molar-refractivity contribution is 5.07. The van der Waals surface area contributed by atoms with Crippen LogP contribution in [0.25, 0.3) is 0 Å². The van der Waals surface area contributed by atoms with Crippen LogP contribution in [0.4, 0.5) is 0 Å². The topological polar surface area (TPSA) is 149 Å². The van der Waals surface area contributed by atoms with Gasteiger partial charge in [-0.3, -0.25) is 0 Å². The van der Waals surface area contributed by atoms with Crippen LogP contribution >= 0.6 is 0 Å². The number of aliphatic hydroxyl groups is 6. The molecule has 0 aromatic carbocycles. The molecule has 4 aliphatic rings. The summed E-state index contributed by atoms with van der Waals surface area (Å²) in [4.78, 5) is 0. The SMILES string of the molecule is C[C@H]1OC2CC3(O)C(O)[C@H](O)C(CO)O[C@@H]3OC1C(O)[C@@H]2O. The Morgan fingerprint density at radius 2 is 1.68 bits per heavy atom. The minimum atomic E-state index is -2.03. The predicted octanol–water partition coefficient (Wildman–Crippen LogP) is -3.55. The van der Waals surface area contributed by atoms with E-state index in [0.717, 1.165) is 0 Å². The van der Waals surface area contributed by atoms with Crippen molar-refractivity contribution in [2.45, 2.75) is 74.1 Å². The molecule has 128 valence electrons. The molecule has 9 heteroatoms. The summed E-state index contributed by atoms with van der Waals surface area (Å²) in [5.41, 5.74) is -2.03. The van der Waals surface area contributed by atoms with E-state index < -0.39 is 67.3 Å². The van der Waals surface area contributed by atoms with Crippen molar-refractivity contribution in [3.05, 3.63) is 0 Å². The van der Waals surface area contributed by atoms with Gasteiger partial charge in [0.15, 0.2) is 6.29 Å². The monoisotopic (exact) mass is 322 g/mol. The molecule has 0 amide bonds. The Kier molecular flexibility index (Phi) is 4.21. The number of rotatable bonds is 1. The van der Waals surface area contributed by atoms with E-state index in [1.807, 2.05) is 0 Å². The average molecular weight is 322 g/mol. The maximum Gasteiger partial charge on any atom is 0.190 e. The van der Waals surface area contributed by atoms with Gasteiger partial charge >= 0.3 is 0 Å². The largest absolute Gasteiger partial charge is 0.394 e. The van der Waals surface area contributed by atoms with Crippen LogP contribution < -0.4 is 0 Å². The van der Waals surface area contributed by atoms with E-state index in [-0.39, 0.29) is 6.42 Å². The summed E-state index contributed by atoms with van der Waals surface area (Å²) in [5, 5.41) is 60.3. The number of ether oxygens (including phenoxy) is 3. The van der Waals surface area contributed by atoms with Crippen molar-refractivity contribution in [3.63, 3.8) is 0 Å². The van der Waals surface area contributed by atoms with Crippen LogP contribution in [0, 0.1) is 0 Å². The second-order valence-electron chi connectivity index (χ2n) is 6.28. The van der Waals surface area contributed by atoms with Gasteiger partial charge in [0.25, 0.3) is 0 Å². The molecule has 4 aliphatic heterocycles. The van der Waals surface area contributed by atoms with Gasteiger partial charge in [0.1, 0.15) is 42.2 Å². The minimum absolute atomic E-state index is 0.302.